The molecule has 0 rings (SSSR count). The van der Waals surface area contributed by atoms with Gasteiger partial charge in [0.25, 0.3) is 0 Å². The van der Waals surface area contributed by atoms with Gasteiger partial charge >= 0.3 is 0 Å². The molecule has 3 heteroatoms. The van der Waals surface area contributed by atoms with Crippen LogP contribution < -0.4 is 0 Å². The van der Waals surface area contributed by atoms with Crippen LogP contribution in [0.4, 0.5) is 0 Å². The summed E-state index contributed by atoms with van der Waals surface area (Å²) in [6.45, 7) is 7.75. The first kappa shape index (κ1) is 16.1. The van der Waals surface area contributed by atoms with Gasteiger partial charge in [0.05, 0.1) is 0 Å². The van der Waals surface area contributed by atoms with Gasteiger partial charge in [-0.05, 0) is 0 Å². The SMILES string of the molecule is II.[CH2-]C(C)C.[W]. The standard InChI is InChI=1S/C4H9.I2.W/c1-4(2)3;1-2;/h4H,1H2,2-3H3;;/q-1;;. The third kappa shape index (κ3) is 66.7. The quantitative estimate of drug-likeness (QED) is 0.358. The van der Waals surface area contributed by atoms with Crippen molar-refractivity contribution in [3.05, 3.63) is 6.92 Å². The van der Waals surface area contributed by atoms with E-state index < -0.39 is 0 Å². The van der Waals surface area contributed by atoms with E-state index in [-0.39, 0.29) is 21.1 Å². The first-order valence-electron chi connectivity index (χ1n) is 1.71. The van der Waals surface area contributed by atoms with Crippen molar-refractivity contribution in [2.24, 2.45) is 5.92 Å². The minimum Gasteiger partial charge on any atom is -0.341 e. The maximum absolute atomic E-state index is 3.64. The van der Waals surface area contributed by atoms with Crippen LogP contribution in [0.15, 0.2) is 0 Å². The van der Waals surface area contributed by atoms with Gasteiger partial charge in [-0.1, -0.05) is 13.8 Å². The van der Waals surface area contributed by atoms with Gasteiger partial charge in [-0.2, -0.15) is 5.92 Å². The largest absolute Gasteiger partial charge is 0.341 e. The summed E-state index contributed by atoms with van der Waals surface area (Å²) in [4.78, 5) is 0. The average molecular weight is 495 g/mol. The van der Waals surface area contributed by atoms with E-state index in [0.717, 1.165) is 0 Å². The molecule has 0 saturated carbocycles. The molecule has 0 aliphatic heterocycles. The molecule has 0 unspecified atom stereocenters. The van der Waals surface area contributed by atoms with E-state index in [0.29, 0.717) is 5.92 Å². The van der Waals surface area contributed by atoms with Gasteiger partial charge in [-0.15, -0.1) is 0 Å². The van der Waals surface area contributed by atoms with Crippen molar-refractivity contribution < 1.29 is 21.1 Å². The van der Waals surface area contributed by atoms with Gasteiger partial charge in [-0.3, -0.25) is 0 Å². The van der Waals surface area contributed by atoms with Crippen LogP contribution in [0.25, 0.3) is 0 Å². The second-order valence-corrected chi connectivity index (χ2v) is 1.39. The molecule has 0 saturated heterocycles. The number of rotatable bonds is 0. The topological polar surface area (TPSA) is 0 Å². The van der Waals surface area contributed by atoms with Crippen LogP contribution in [-0.2, 0) is 21.1 Å². The fourth-order valence-corrected chi connectivity index (χ4v) is 0. The monoisotopic (exact) mass is 495 g/mol. The van der Waals surface area contributed by atoms with Crippen LogP contribution in [0.3, 0.4) is 0 Å². The summed E-state index contributed by atoms with van der Waals surface area (Å²) in [6, 6.07) is 0. The van der Waals surface area contributed by atoms with Crippen LogP contribution in [-0.4, -0.2) is 0 Å². The minimum absolute atomic E-state index is 0. The van der Waals surface area contributed by atoms with Crippen molar-refractivity contribution in [2.75, 3.05) is 0 Å². The summed E-state index contributed by atoms with van der Waals surface area (Å²) in [5.74, 6) is 0.583. The molecule has 0 nitrogen and oxygen atoms in total. The van der Waals surface area contributed by atoms with Gasteiger partial charge in [0.2, 0.25) is 0 Å². The maximum atomic E-state index is 3.64. The normalized spacial score (nSPS) is 6.00. The summed E-state index contributed by atoms with van der Waals surface area (Å²) < 4.78 is 0. The fourth-order valence-electron chi connectivity index (χ4n) is 0. The van der Waals surface area contributed by atoms with Gasteiger partial charge in [-0.25, -0.2) is 0 Å². The average Bonchev–Trinajstić information content (AvgIpc) is 1.41. The Morgan fingerprint density at radius 2 is 1.29 bits per heavy atom. The molecule has 0 aliphatic carbocycles. The van der Waals surface area contributed by atoms with E-state index >= 15 is 0 Å². The Hall–Kier alpha value is 2.15. The molecule has 0 amide bonds. The smallest absolute Gasteiger partial charge is 0 e. The van der Waals surface area contributed by atoms with E-state index in [4.69, 9.17) is 0 Å². The van der Waals surface area contributed by atoms with Crippen molar-refractivity contribution in [2.45, 2.75) is 13.8 Å². The zero-order valence-corrected chi connectivity index (χ0v) is 11.7. The Labute approximate surface area is 83.8 Å². The molecule has 46 valence electrons. The summed E-state index contributed by atoms with van der Waals surface area (Å²) >= 11 is 4.24. The molecule has 0 N–H and O–H groups in total. The number of hydrogen-bond donors (Lipinski definition) is 0. The Bertz CT molecular complexity index is 14.4. The maximum Gasteiger partial charge on any atom is 0 e. The van der Waals surface area contributed by atoms with Crippen molar-refractivity contribution in [3.8, 4) is 0 Å². The van der Waals surface area contributed by atoms with Crippen LogP contribution in [0.1, 0.15) is 13.8 Å². The molecule has 0 radical (unpaired) electrons. The van der Waals surface area contributed by atoms with Crippen molar-refractivity contribution in [3.63, 3.8) is 0 Å². The Morgan fingerprint density at radius 3 is 1.29 bits per heavy atom. The third-order valence-corrected chi connectivity index (χ3v) is 0. The van der Waals surface area contributed by atoms with Gasteiger partial charge in [0, 0.05) is 58.3 Å². The predicted molar refractivity (Wildman–Crippen MR) is 48.2 cm³/mol. The summed E-state index contributed by atoms with van der Waals surface area (Å²) in [7, 11) is 0. The molecule has 0 heterocycles. The van der Waals surface area contributed by atoms with Crippen LogP contribution in [0, 0.1) is 12.8 Å². The third-order valence-electron chi connectivity index (χ3n) is 0. The van der Waals surface area contributed by atoms with E-state index in [1.165, 1.54) is 0 Å². The zero-order chi connectivity index (χ0) is 5.58. The molecule has 0 aromatic carbocycles. The molecule has 0 aromatic heterocycles. The Morgan fingerprint density at radius 1 is 1.29 bits per heavy atom. The molecular formula is C4H9I2W-. The number of halogens is 2. The molecule has 0 aromatic rings. The first-order valence-corrected chi connectivity index (χ1v) is 7.99. The molecule has 0 fully saturated rings. The van der Waals surface area contributed by atoms with E-state index in [2.05, 4.69) is 58.0 Å². The predicted octanol–water partition coefficient (Wildman–Crippen LogP) is 3.25. The summed E-state index contributed by atoms with van der Waals surface area (Å²) in [6.07, 6.45) is 0. The second-order valence-electron chi connectivity index (χ2n) is 1.39. The molecule has 0 bridgehead atoms. The zero-order valence-electron chi connectivity index (χ0n) is 4.45. The summed E-state index contributed by atoms with van der Waals surface area (Å²) in [5.41, 5.74) is 0. The molecule has 7 heavy (non-hydrogen) atoms. The first-order chi connectivity index (χ1) is 2.73. The van der Waals surface area contributed by atoms with E-state index in [1.807, 2.05) is 0 Å². The molecule has 0 spiro atoms. The van der Waals surface area contributed by atoms with E-state index in [9.17, 15) is 0 Å². The Balaban J connectivity index is -0.0000000480. The van der Waals surface area contributed by atoms with Crippen LogP contribution in [0.2, 0.25) is 0 Å². The van der Waals surface area contributed by atoms with Crippen LogP contribution in [0.5, 0.6) is 0 Å². The van der Waals surface area contributed by atoms with E-state index in [1.54, 1.807) is 0 Å². The molecular weight excluding hydrogens is 486 g/mol. The fraction of sp³-hybridized carbons (Fsp3) is 0.750. The van der Waals surface area contributed by atoms with Crippen molar-refractivity contribution >= 4 is 37.2 Å². The second kappa shape index (κ2) is 15.7. The van der Waals surface area contributed by atoms with Crippen LogP contribution >= 0.6 is 37.2 Å². The van der Waals surface area contributed by atoms with Gasteiger partial charge in [0.1, 0.15) is 0 Å². The van der Waals surface area contributed by atoms with Gasteiger partial charge in [0.15, 0.2) is 0 Å². The molecule has 0 atom stereocenters. The van der Waals surface area contributed by atoms with Crippen molar-refractivity contribution in [1.82, 2.24) is 0 Å². The van der Waals surface area contributed by atoms with Gasteiger partial charge < -0.3 is 6.92 Å². The minimum atomic E-state index is 0. The summed E-state index contributed by atoms with van der Waals surface area (Å²) in [5, 5.41) is 0. The Kier molecular flexibility index (Phi) is 36.1. The number of hydrogen-bond acceptors (Lipinski definition) is 0. The van der Waals surface area contributed by atoms with Crippen molar-refractivity contribution in [1.29, 1.82) is 0 Å². The molecule has 0 aliphatic rings.